The van der Waals surface area contributed by atoms with Crippen LogP contribution in [0.2, 0.25) is 0 Å². The maximum Gasteiger partial charge on any atom is 0.164 e. The van der Waals surface area contributed by atoms with Gasteiger partial charge in [-0.2, -0.15) is 0 Å². The van der Waals surface area contributed by atoms with Gasteiger partial charge in [0.1, 0.15) is 11.2 Å². The van der Waals surface area contributed by atoms with E-state index < -0.39 is 0 Å². The molecule has 0 amide bonds. The Balaban J connectivity index is 1.02. The van der Waals surface area contributed by atoms with Crippen molar-refractivity contribution in [2.24, 2.45) is 0 Å². The monoisotopic (exact) mass is 716 g/mol. The zero-order chi connectivity index (χ0) is 37.0. The minimum absolute atomic E-state index is 0.634. The van der Waals surface area contributed by atoms with Crippen LogP contribution in [0.4, 0.5) is 0 Å². The lowest BCUT2D eigenvalue weighted by Gasteiger charge is -2.13. The summed E-state index contributed by atoms with van der Waals surface area (Å²) in [6.07, 6.45) is 0. The minimum atomic E-state index is 0.634. The quantitative estimate of drug-likeness (QED) is 0.172. The van der Waals surface area contributed by atoms with E-state index in [1.54, 1.807) is 0 Å². The van der Waals surface area contributed by atoms with E-state index in [4.69, 9.17) is 19.4 Å². The van der Waals surface area contributed by atoms with Crippen molar-refractivity contribution in [2.75, 3.05) is 0 Å². The largest absolute Gasteiger partial charge is 0.456 e. The molecule has 0 fully saturated rings. The Kier molecular flexibility index (Phi) is 7.42. The van der Waals surface area contributed by atoms with Gasteiger partial charge in [-0.25, -0.2) is 15.0 Å². The van der Waals surface area contributed by atoms with Crippen LogP contribution < -0.4 is 0 Å². The van der Waals surface area contributed by atoms with Gasteiger partial charge in [-0.05, 0) is 64.7 Å². The molecule has 0 bridgehead atoms. The van der Waals surface area contributed by atoms with Crippen molar-refractivity contribution in [1.82, 2.24) is 19.5 Å². The summed E-state index contributed by atoms with van der Waals surface area (Å²) in [4.78, 5) is 15.0. The van der Waals surface area contributed by atoms with E-state index in [0.717, 1.165) is 72.0 Å². The van der Waals surface area contributed by atoms with Gasteiger partial charge in [0.2, 0.25) is 0 Å². The van der Waals surface area contributed by atoms with Gasteiger partial charge in [0.05, 0.1) is 11.0 Å². The molecule has 3 heterocycles. The predicted molar refractivity (Wildman–Crippen MR) is 229 cm³/mol. The van der Waals surface area contributed by atoms with Crippen LogP contribution in [-0.4, -0.2) is 19.5 Å². The van der Waals surface area contributed by atoms with Gasteiger partial charge in [-0.15, -0.1) is 0 Å². The van der Waals surface area contributed by atoms with Crippen LogP contribution in [0.3, 0.4) is 0 Å². The predicted octanol–water partition coefficient (Wildman–Crippen LogP) is 13.2. The summed E-state index contributed by atoms with van der Waals surface area (Å²) >= 11 is 0. The number of benzene rings is 8. The fourth-order valence-corrected chi connectivity index (χ4v) is 8.08. The Morgan fingerprint density at radius 1 is 0.339 bits per heavy atom. The van der Waals surface area contributed by atoms with Crippen LogP contribution in [0, 0.1) is 0 Å². The summed E-state index contributed by atoms with van der Waals surface area (Å²) in [5, 5.41) is 4.69. The first-order valence-electron chi connectivity index (χ1n) is 18.8. The Labute approximate surface area is 322 Å². The van der Waals surface area contributed by atoms with E-state index >= 15 is 0 Å². The van der Waals surface area contributed by atoms with Crippen LogP contribution in [-0.2, 0) is 0 Å². The maximum atomic E-state index is 6.24. The number of fused-ring (bicyclic) bond motifs is 6. The van der Waals surface area contributed by atoms with Gasteiger partial charge in [-0.3, -0.25) is 0 Å². The molecule has 5 heteroatoms. The molecule has 0 saturated carbocycles. The molecule has 0 spiro atoms. The first-order chi connectivity index (χ1) is 27.8. The van der Waals surface area contributed by atoms with Gasteiger partial charge >= 0.3 is 0 Å². The third-order valence-corrected chi connectivity index (χ3v) is 10.7. The van der Waals surface area contributed by atoms with Crippen molar-refractivity contribution < 1.29 is 4.42 Å². The number of aromatic nitrogens is 4. The lowest BCUT2D eigenvalue weighted by atomic mass is 9.98. The van der Waals surface area contributed by atoms with Crippen LogP contribution in [0.25, 0.3) is 106 Å². The topological polar surface area (TPSA) is 56.7 Å². The van der Waals surface area contributed by atoms with E-state index in [9.17, 15) is 0 Å². The molecule has 11 aromatic rings. The number of hydrogen-bond donors (Lipinski definition) is 0. The van der Waals surface area contributed by atoms with Gasteiger partial charge in [0.25, 0.3) is 0 Å². The lowest BCUT2D eigenvalue weighted by molar-refractivity contribution is 0.669. The summed E-state index contributed by atoms with van der Waals surface area (Å²) in [6.45, 7) is 0. The zero-order valence-electron chi connectivity index (χ0n) is 30.2. The van der Waals surface area contributed by atoms with E-state index in [-0.39, 0.29) is 0 Å². The molecule has 0 unspecified atom stereocenters. The van der Waals surface area contributed by atoms with E-state index in [2.05, 4.69) is 120 Å². The lowest BCUT2D eigenvalue weighted by Crippen LogP contribution is -2.01. The number of furan rings is 1. The molecule has 0 N–H and O–H groups in total. The van der Waals surface area contributed by atoms with Crippen LogP contribution >= 0.6 is 0 Å². The minimum Gasteiger partial charge on any atom is -0.456 e. The van der Waals surface area contributed by atoms with Crippen LogP contribution in [0.1, 0.15) is 0 Å². The molecule has 3 aromatic heterocycles. The molecular formula is C51H32N4O. The average molecular weight is 717 g/mol. The van der Waals surface area contributed by atoms with Gasteiger partial charge in [0, 0.05) is 43.9 Å². The SMILES string of the molecule is c1ccc(-c2nc(-c3ccccc3)nc(-c3ccccc3-c3ccc(-n4c5ccccc5c5cc(-c6cccc7oc8ccccc8c67)ccc54)cc3)n2)cc1. The second-order valence-electron chi connectivity index (χ2n) is 14.0. The highest BCUT2D eigenvalue weighted by Crippen LogP contribution is 2.40. The summed E-state index contributed by atoms with van der Waals surface area (Å²) < 4.78 is 8.60. The van der Waals surface area contributed by atoms with Crippen molar-refractivity contribution >= 4 is 43.7 Å². The summed E-state index contributed by atoms with van der Waals surface area (Å²) in [6, 6.07) is 67.5. The number of para-hydroxylation sites is 2. The molecule has 0 atom stereocenters. The molecule has 262 valence electrons. The van der Waals surface area contributed by atoms with E-state index in [0.29, 0.717) is 17.5 Å². The summed E-state index contributed by atoms with van der Waals surface area (Å²) in [5.41, 5.74) is 12.5. The molecule has 11 rings (SSSR count). The highest BCUT2D eigenvalue weighted by molar-refractivity contribution is 6.15. The highest BCUT2D eigenvalue weighted by atomic mass is 16.3. The Morgan fingerprint density at radius 3 is 1.64 bits per heavy atom. The average Bonchev–Trinajstić information content (AvgIpc) is 3.83. The summed E-state index contributed by atoms with van der Waals surface area (Å²) in [7, 11) is 0. The third-order valence-electron chi connectivity index (χ3n) is 10.7. The van der Waals surface area contributed by atoms with Crippen LogP contribution in [0.5, 0.6) is 0 Å². The van der Waals surface area contributed by atoms with Crippen molar-refractivity contribution in [3.8, 4) is 62.1 Å². The number of nitrogens with zero attached hydrogens (tertiary/aromatic N) is 4. The van der Waals surface area contributed by atoms with Crippen molar-refractivity contribution in [3.05, 3.63) is 194 Å². The van der Waals surface area contributed by atoms with Crippen molar-refractivity contribution in [1.29, 1.82) is 0 Å². The van der Waals surface area contributed by atoms with Crippen LogP contribution in [0.15, 0.2) is 199 Å². The normalized spacial score (nSPS) is 11.6. The molecule has 0 aliphatic rings. The molecule has 8 aromatic carbocycles. The smallest absolute Gasteiger partial charge is 0.164 e. The van der Waals surface area contributed by atoms with Gasteiger partial charge in [-0.1, -0.05) is 152 Å². The standard InChI is InChI=1S/C51H32N4O/c1-3-14-34(15-4-1)49-52-50(35-16-5-2-6-17-35)54-51(53-49)41-20-8-7-18-38(41)33-26-29-37(30-27-33)55-44-23-11-9-19-40(44)43-32-36(28-31-45(43)55)39-22-13-25-47-48(39)42-21-10-12-24-46(42)56-47/h1-32H. The van der Waals surface area contributed by atoms with Crippen molar-refractivity contribution in [2.45, 2.75) is 0 Å². The zero-order valence-corrected chi connectivity index (χ0v) is 30.2. The van der Waals surface area contributed by atoms with E-state index in [1.165, 1.54) is 16.3 Å². The second-order valence-corrected chi connectivity index (χ2v) is 14.0. The molecule has 0 aliphatic heterocycles. The van der Waals surface area contributed by atoms with Gasteiger partial charge < -0.3 is 8.98 Å². The first kappa shape index (κ1) is 31.9. The Bertz CT molecular complexity index is 3180. The Morgan fingerprint density at radius 2 is 0.893 bits per heavy atom. The molecule has 56 heavy (non-hydrogen) atoms. The fourth-order valence-electron chi connectivity index (χ4n) is 8.08. The molecular weight excluding hydrogens is 685 g/mol. The highest BCUT2D eigenvalue weighted by Gasteiger charge is 2.18. The molecule has 0 aliphatic carbocycles. The van der Waals surface area contributed by atoms with Gasteiger partial charge in [0.15, 0.2) is 17.5 Å². The first-order valence-corrected chi connectivity index (χ1v) is 18.8. The third kappa shape index (κ3) is 5.29. The second kappa shape index (κ2) is 13.0. The maximum absolute atomic E-state index is 6.24. The summed E-state index contributed by atoms with van der Waals surface area (Å²) in [5.74, 6) is 1.92. The van der Waals surface area contributed by atoms with Crippen molar-refractivity contribution in [3.63, 3.8) is 0 Å². The van der Waals surface area contributed by atoms with E-state index in [1.807, 2.05) is 78.9 Å². The molecule has 5 nitrogen and oxygen atoms in total. The Hall–Kier alpha value is -7.63. The fraction of sp³-hybridized carbons (Fsp3) is 0. The number of rotatable bonds is 6. The molecule has 0 radical (unpaired) electrons. The number of hydrogen-bond acceptors (Lipinski definition) is 4. The molecule has 0 saturated heterocycles.